The van der Waals surface area contributed by atoms with E-state index in [1.165, 1.54) is 29.4 Å². The highest BCUT2D eigenvalue weighted by atomic mass is 79.9. The summed E-state index contributed by atoms with van der Waals surface area (Å²) in [5.41, 5.74) is 8.32. The second-order valence-corrected chi connectivity index (χ2v) is 5.85. The molecule has 0 aromatic carbocycles. The van der Waals surface area contributed by atoms with Gasteiger partial charge in [-0.05, 0) is 67.4 Å². The molecule has 0 aliphatic heterocycles. The maximum absolute atomic E-state index is 5.86. The van der Waals surface area contributed by atoms with E-state index < -0.39 is 0 Å². The highest BCUT2D eigenvalue weighted by Crippen LogP contribution is 2.35. The van der Waals surface area contributed by atoms with Crippen molar-refractivity contribution >= 4 is 15.9 Å². The Bertz CT molecular complexity index is 386. The molecule has 1 heterocycles. The lowest BCUT2D eigenvalue weighted by molar-refractivity contribution is 0.383. The van der Waals surface area contributed by atoms with Gasteiger partial charge in [0, 0.05) is 6.54 Å². The fourth-order valence-corrected chi connectivity index (χ4v) is 3.45. The van der Waals surface area contributed by atoms with Gasteiger partial charge in [-0.1, -0.05) is 6.42 Å². The minimum atomic E-state index is 0.711. The third-order valence-electron chi connectivity index (χ3n) is 4.03. The molecule has 0 amide bonds. The zero-order valence-corrected chi connectivity index (χ0v) is 12.3. The molecule has 3 nitrogen and oxygen atoms in total. The molecule has 17 heavy (non-hydrogen) atoms. The van der Waals surface area contributed by atoms with Gasteiger partial charge < -0.3 is 5.73 Å². The molecule has 96 valence electrons. The minimum absolute atomic E-state index is 0.711. The van der Waals surface area contributed by atoms with Gasteiger partial charge in [0.25, 0.3) is 0 Å². The molecule has 1 aromatic rings. The van der Waals surface area contributed by atoms with Crippen LogP contribution >= 0.6 is 15.9 Å². The van der Waals surface area contributed by atoms with Crippen molar-refractivity contribution in [3.63, 3.8) is 0 Å². The molecule has 0 radical (unpaired) electrons. The summed E-state index contributed by atoms with van der Waals surface area (Å²) in [4.78, 5) is 0. The largest absolute Gasteiger partial charge is 0.330 e. The monoisotopic (exact) mass is 299 g/mol. The van der Waals surface area contributed by atoms with Crippen LogP contribution in [-0.2, 0) is 13.0 Å². The average molecular weight is 300 g/mol. The summed E-state index contributed by atoms with van der Waals surface area (Å²) in [5.74, 6) is 1.46. The smallest absolute Gasteiger partial charge is 0.0738 e. The zero-order chi connectivity index (χ0) is 12.4. The van der Waals surface area contributed by atoms with Crippen LogP contribution in [0.15, 0.2) is 4.47 Å². The van der Waals surface area contributed by atoms with E-state index in [0.29, 0.717) is 5.92 Å². The molecule has 1 aliphatic carbocycles. The first kappa shape index (κ1) is 13.1. The number of nitrogens with zero attached hydrogens (tertiary/aromatic N) is 2. The highest BCUT2D eigenvalue weighted by molar-refractivity contribution is 9.10. The Morgan fingerprint density at radius 2 is 2.12 bits per heavy atom. The molecule has 1 fully saturated rings. The van der Waals surface area contributed by atoms with Gasteiger partial charge in [0.05, 0.1) is 15.9 Å². The predicted octanol–water partition coefficient (Wildman–Crippen LogP) is 2.89. The van der Waals surface area contributed by atoms with E-state index in [0.717, 1.165) is 31.1 Å². The Morgan fingerprint density at radius 1 is 1.41 bits per heavy atom. The van der Waals surface area contributed by atoms with Gasteiger partial charge in [-0.3, -0.25) is 4.68 Å². The van der Waals surface area contributed by atoms with Crippen LogP contribution in [0.1, 0.15) is 37.6 Å². The van der Waals surface area contributed by atoms with Gasteiger partial charge in [0.2, 0.25) is 0 Å². The molecule has 0 bridgehead atoms. The molecule has 1 saturated carbocycles. The molecular formula is C13H22BrN3. The quantitative estimate of drug-likeness (QED) is 0.929. The first-order valence-corrected chi connectivity index (χ1v) is 7.38. The fourth-order valence-electron chi connectivity index (χ4n) is 3.01. The van der Waals surface area contributed by atoms with Crippen LogP contribution in [0, 0.1) is 18.8 Å². The first-order valence-electron chi connectivity index (χ1n) is 6.59. The minimum Gasteiger partial charge on any atom is -0.330 e. The van der Waals surface area contributed by atoms with E-state index in [1.54, 1.807) is 0 Å². The molecule has 2 N–H and O–H groups in total. The maximum Gasteiger partial charge on any atom is 0.0738 e. The van der Waals surface area contributed by atoms with Crippen LogP contribution in [0.5, 0.6) is 0 Å². The van der Waals surface area contributed by atoms with Crippen LogP contribution in [0.25, 0.3) is 0 Å². The topological polar surface area (TPSA) is 43.8 Å². The van der Waals surface area contributed by atoms with E-state index in [9.17, 15) is 0 Å². The van der Waals surface area contributed by atoms with Gasteiger partial charge in [-0.25, -0.2) is 0 Å². The lowest BCUT2D eigenvalue weighted by Crippen LogP contribution is -2.21. The Kier molecular flexibility index (Phi) is 4.26. The van der Waals surface area contributed by atoms with Gasteiger partial charge in [-0.2, -0.15) is 5.10 Å². The summed E-state index contributed by atoms with van der Waals surface area (Å²) < 4.78 is 3.33. The molecule has 2 atom stereocenters. The summed E-state index contributed by atoms with van der Waals surface area (Å²) in [6.45, 7) is 6.00. The molecule has 1 aliphatic rings. The number of aromatic nitrogens is 2. The first-order chi connectivity index (χ1) is 8.17. The van der Waals surface area contributed by atoms with Crippen LogP contribution in [-0.4, -0.2) is 16.3 Å². The van der Waals surface area contributed by atoms with Gasteiger partial charge in [-0.15, -0.1) is 0 Å². The van der Waals surface area contributed by atoms with Crippen molar-refractivity contribution in [2.24, 2.45) is 17.6 Å². The van der Waals surface area contributed by atoms with Crippen LogP contribution in [0.3, 0.4) is 0 Å². The van der Waals surface area contributed by atoms with E-state index in [4.69, 9.17) is 5.73 Å². The molecule has 0 saturated heterocycles. The average Bonchev–Trinajstić information content (AvgIpc) is 2.88. The van der Waals surface area contributed by atoms with E-state index in [1.807, 2.05) is 0 Å². The summed E-state index contributed by atoms with van der Waals surface area (Å²) in [6, 6.07) is 0. The molecular weight excluding hydrogens is 278 g/mol. The number of aryl methyl sites for hydroxylation is 2. The van der Waals surface area contributed by atoms with E-state index in [2.05, 4.69) is 39.6 Å². The van der Waals surface area contributed by atoms with Gasteiger partial charge in [0.15, 0.2) is 0 Å². The Hall–Kier alpha value is -0.350. The van der Waals surface area contributed by atoms with Crippen molar-refractivity contribution in [3.05, 3.63) is 15.9 Å². The predicted molar refractivity (Wildman–Crippen MR) is 73.9 cm³/mol. The highest BCUT2D eigenvalue weighted by Gasteiger charge is 2.28. The third kappa shape index (κ3) is 2.58. The molecule has 2 rings (SSSR count). The maximum atomic E-state index is 5.86. The lowest BCUT2D eigenvalue weighted by atomic mass is 9.91. The Labute approximate surface area is 112 Å². The summed E-state index contributed by atoms with van der Waals surface area (Å²) >= 11 is 3.68. The Balaban J connectivity index is 2.17. The second-order valence-electron chi connectivity index (χ2n) is 5.05. The number of hydrogen-bond acceptors (Lipinski definition) is 2. The normalized spacial score (nSPS) is 24.5. The zero-order valence-electron chi connectivity index (χ0n) is 10.7. The number of halogens is 1. The van der Waals surface area contributed by atoms with Crippen LogP contribution < -0.4 is 5.73 Å². The van der Waals surface area contributed by atoms with Crippen LogP contribution in [0.2, 0.25) is 0 Å². The number of hydrogen-bond donors (Lipinski definition) is 1. The standard InChI is InChI=1S/C13H22BrN3/c1-3-17-12(13(14)9(2)16-17)7-10-5-4-6-11(10)8-15/h10-11H,3-8,15H2,1-2H3. The summed E-state index contributed by atoms with van der Waals surface area (Å²) in [6.07, 6.45) is 5.08. The van der Waals surface area contributed by atoms with Gasteiger partial charge in [0.1, 0.15) is 0 Å². The lowest BCUT2D eigenvalue weighted by Gasteiger charge is -2.18. The number of rotatable bonds is 4. The second kappa shape index (κ2) is 5.53. The molecule has 4 heteroatoms. The van der Waals surface area contributed by atoms with E-state index in [-0.39, 0.29) is 0 Å². The van der Waals surface area contributed by atoms with Crippen molar-refractivity contribution in [2.45, 2.75) is 46.1 Å². The molecule has 0 spiro atoms. The fraction of sp³-hybridized carbons (Fsp3) is 0.769. The van der Waals surface area contributed by atoms with E-state index >= 15 is 0 Å². The molecule has 1 aromatic heterocycles. The Morgan fingerprint density at radius 3 is 2.76 bits per heavy atom. The SMILES string of the molecule is CCn1nc(C)c(Br)c1CC1CCCC1CN. The van der Waals surface area contributed by atoms with Crippen molar-refractivity contribution in [1.29, 1.82) is 0 Å². The third-order valence-corrected chi connectivity index (χ3v) is 5.06. The van der Waals surface area contributed by atoms with Crippen molar-refractivity contribution in [3.8, 4) is 0 Å². The van der Waals surface area contributed by atoms with Crippen molar-refractivity contribution < 1.29 is 0 Å². The number of nitrogens with two attached hydrogens (primary N) is 1. The molecule has 2 unspecified atom stereocenters. The van der Waals surface area contributed by atoms with Crippen LogP contribution in [0.4, 0.5) is 0 Å². The summed E-state index contributed by atoms with van der Waals surface area (Å²) in [7, 11) is 0. The summed E-state index contributed by atoms with van der Waals surface area (Å²) in [5, 5.41) is 4.56. The van der Waals surface area contributed by atoms with Gasteiger partial charge >= 0.3 is 0 Å². The van der Waals surface area contributed by atoms with Crippen molar-refractivity contribution in [1.82, 2.24) is 9.78 Å². The van der Waals surface area contributed by atoms with Crippen molar-refractivity contribution in [2.75, 3.05) is 6.54 Å².